The molecule has 1 N–H and O–H groups in total. The first kappa shape index (κ1) is 14.6. The smallest absolute Gasteiger partial charge is 0.337 e. The molecule has 0 saturated heterocycles. The molecule has 1 atom stereocenters. The molecule has 2 amide bonds. The summed E-state index contributed by atoms with van der Waals surface area (Å²) >= 11 is 0. The summed E-state index contributed by atoms with van der Waals surface area (Å²) < 4.78 is 4.94. The van der Waals surface area contributed by atoms with Crippen LogP contribution in [0.1, 0.15) is 36.9 Å². The van der Waals surface area contributed by atoms with Gasteiger partial charge in [-0.2, -0.15) is 0 Å². The molecular formula is C17H20N2O3. The molecular weight excluding hydrogens is 280 g/mol. The summed E-state index contributed by atoms with van der Waals surface area (Å²) in [5.74, 6) is -0.395. The molecule has 1 saturated carbocycles. The molecule has 0 spiro atoms. The number of amides is 2. The summed E-state index contributed by atoms with van der Waals surface area (Å²) in [4.78, 5) is 26.4. The number of benzene rings is 1. The van der Waals surface area contributed by atoms with Crippen molar-refractivity contribution in [1.29, 1.82) is 0 Å². The van der Waals surface area contributed by atoms with Gasteiger partial charge >= 0.3 is 12.0 Å². The number of rotatable bonds is 3. The first-order valence-electron chi connectivity index (χ1n) is 7.48. The Labute approximate surface area is 129 Å². The second kappa shape index (κ2) is 5.48. The molecule has 3 rings (SSSR count). The molecule has 1 fully saturated rings. The SMILES string of the molecule is COC(=O)C1=C(C)N(C2CC2)C(=O)NC1c1ccc(C)cc1. The Morgan fingerprint density at radius 3 is 2.41 bits per heavy atom. The van der Waals surface area contributed by atoms with Crippen LogP contribution in [0.5, 0.6) is 0 Å². The van der Waals surface area contributed by atoms with Gasteiger partial charge in [0.15, 0.2) is 0 Å². The van der Waals surface area contributed by atoms with E-state index in [4.69, 9.17) is 4.74 Å². The van der Waals surface area contributed by atoms with Crippen LogP contribution in [0.3, 0.4) is 0 Å². The van der Waals surface area contributed by atoms with E-state index in [1.807, 2.05) is 38.1 Å². The first-order chi connectivity index (χ1) is 10.5. The lowest BCUT2D eigenvalue weighted by Gasteiger charge is -2.35. The molecule has 2 aliphatic rings. The van der Waals surface area contributed by atoms with Crippen molar-refractivity contribution in [1.82, 2.24) is 10.2 Å². The molecule has 1 aromatic rings. The maximum Gasteiger partial charge on any atom is 0.337 e. The Hall–Kier alpha value is -2.30. The molecule has 1 unspecified atom stereocenters. The number of hydrogen-bond donors (Lipinski definition) is 1. The Balaban J connectivity index is 2.06. The summed E-state index contributed by atoms with van der Waals surface area (Å²) in [6.07, 6.45) is 1.96. The minimum Gasteiger partial charge on any atom is -0.466 e. The van der Waals surface area contributed by atoms with E-state index in [1.54, 1.807) is 4.90 Å². The monoisotopic (exact) mass is 300 g/mol. The molecule has 5 nitrogen and oxygen atoms in total. The Kier molecular flexibility index (Phi) is 3.64. The predicted octanol–water partition coefficient (Wildman–Crippen LogP) is 2.67. The molecule has 1 aliphatic heterocycles. The van der Waals surface area contributed by atoms with Crippen molar-refractivity contribution >= 4 is 12.0 Å². The Morgan fingerprint density at radius 1 is 1.23 bits per heavy atom. The average Bonchev–Trinajstić information content (AvgIpc) is 3.31. The van der Waals surface area contributed by atoms with Crippen LogP contribution in [0.15, 0.2) is 35.5 Å². The summed E-state index contributed by atoms with van der Waals surface area (Å²) in [6.45, 7) is 3.82. The number of carbonyl (C=O) groups excluding carboxylic acids is 2. The molecule has 116 valence electrons. The van der Waals surface area contributed by atoms with Crippen molar-refractivity contribution in [3.05, 3.63) is 46.7 Å². The van der Waals surface area contributed by atoms with Gasteiger partial charge in [-0.25, -0.2) is 9.59 Å². The van der Waals surface area contributed by atoms with Gasteiger partial charge < -0.3 is 10.1 Å². The van der Waals surface area contributed by atoms with Gasteiger partial charge in [0, 0.05) is 11.7 Å². The van der Waals surface area contributed by atoms with E-state index in [2.05, 4.69) is 5.32 Å². The number of methoxy groups -OCH3 is 1. The molecule has 0 bridgehead atoms. The number of esters is 1. The second-order valence-corrected chi connectivity index (χ2v) is 5.89. The fourth-order valence-electron chi connectivity index (χ4n) is 2.91. The maximum atomic E-state index is 12.4. The zero-order valence-electron chi connectivity index (χ0n) is 13.1. The maximum absolute atomic E-state index is 12.4. The molecule has 22 heavy (non-hydrogen) atoms. The lowest BCUT2D eigenvalue weighted by molar-refractivity contribution is -0.136. The molecule has 0 aromatic heterocycles. The first-order valence-corrected chi connectivity index (χ1v) is 7.48. The average molecular weight is 300 g/mol. The van der Waals surface area contributed by atoms with Gasteiger partial charge in [-0.3, -0.25) is 4.90 Å². The summed E-state index contributed by atoms with van der Waals surface area (Å²) in [5.41, 5.74) is 3.22. The highest BCUT2D eigenvalue weighted by molar-refractivity contribution is 5.95. The third kappa shape index (κ3) is 2.47. The molecule has 1 aromatic carbocycles. The van der Waals surface area contributed by atoms with Gasteiger partial charge in [-0.1, -0.05) is 29.8 Å². The number of allylic oxidation sites excluding steroid dienone is 1. The van der Waals surface area contributed by atoms with Gasteiger partial charge in [0.05, 0.1) is 18.7 Å². The fraction of sp³-hybridized carbons (Fsp3) is 0.412. The topological polar surface area (TPSA) is 58.6 Å². The van der Waals surface area contributed by atoms with E-state index >= 15 is 0 Å². The van der Waals surface area contributed by atoms with Crippen molar-refractivity contribution in [2.45, 2.75) is 38.8 Å². The van der Waals surface area contributed by atoms with Crippen molar-refractivity contribution in [3.63, 3.8) is 0 Å². The van der Waals surface area contributed by atoms with Crippen LogP contribution in [0.25, 0.3) is 0 Å². The Morgan fingerprint density at radius 2 is 1.86 bits per heavy atom. The number of carbonyl (C=O) groups is 2. The number of urea groups is 1. The van der Waals surface area contributed by atoms with Crippen LogP contribution in [-0.4, -0.2) is 30.1 Å². The molecule has 1 aliphatic carbocycles. The molecule has 5 heteroatoms. The van der Waals surface area contributed by atoms with Gasteiger partial charge in [0.2, 0.25) is 0 Å². The van der Waals surface area contributed by atoms with Crippen LogP contribution < -0.4 is 5.32 Å². The van der Waals surface area contributed by atoms with Crippen molar-refractivity contribution in [2.75, 3.05) is 7.11 Å². The second-order valence-electron chi connectivity index (χ2n) is 5.89. The number of hydrogen-bond acceptors (Lipinski definition) is 3. The normalized spacial score (nSPS) is 21.7. The fourth-order valence-corrected chi connectivity index (χ4v) is 2.91. The van der Waals surface area contributed by atoms with E-state index in [-0.39, 0.29) is 12.1 Å². The summed E-state index contributed by atoms with van der Waals surface area (Å²) in [5, 5.41) is 2.95. The van der Waals surface area contributed by atoms with Gasteiger partial charge in [0.1, 0.15) is 0 Å². The van der Waals surface area contributed by atoms with Crippen LogP contribution in [-0.2, 0) is 9.53 Å². The van der Waals surface area contributed by atoms with Crippen LogP contribution in [0, 0.1) is 6.92 Å². The number of aryl methyl sites for hydroxylation is 1. The predicted molar refractivity (Wildman–Crippen MR) is 82.0 cm³/mol. The van der Waals surface area contributed by atoms with E-state index in [9.17, 15) is 9.59 Å². The minimum absolute atomic E-state index is 0.141. The van der Waals surface area contributed by atoms with Crippen molar-refractivity contribution in [2.24, 2.45) is 0 Å². The zero-order valence-corrected chi connectivity index (χ0v) is 13.1. The Bertz CT molecular complexity index is 644. The van der Waals surface area contributed by atoms with Crippen molar-refractivity contribution in [3.8, 4) is 0 Å². The van der Waals surface area contributed by atoms with Gasteiger partial charge in [0.25, 0.3) is 0 Å². The number of nitrogens with one attached hydrogen (secondary N) is 1. The largest absolute Gasteiger partial charge is 0.466 e. The third-order valence-corrected chi connectivity index (χ3v) is 4.25. The lowest BCUT2D eigenvalue weighted by atomic mass is 9.94. The quantitative estimate of drug-likeness (QED) is 0.873. The van der Waals surface area contributed by atoms with E-state index < -0.39 is 12.0 Å². The molecule has 1 heterocycles. The van der Waals surface area contributed by atoms with Gasteiger partial charge in [-0.15, -0.1) is 0 Å². The minimum atomic E-state index is -0.462. The number of ether oxygens (including phenoxy) is 1. The highest BCUT2D eigenvalue weighted by Crippen LogP contribution is 2.37. The third-order valence-electron chi connectivity index (χ3n) is 4.25. The summed E-state index contributed by atoms with van der Waals surface area (Å²) in [6, 6.07) is 7.41. The van der Waals surface area contributed by atoms with Crippen LogP contribution in [0.4, 0.5) is 4.79 Å². The van der Waals surface area contributed by atoms with Crippen LogP contribution >= 0.6 is 0 Å². The lowest BCUT2D eigenvalue weighted by Crippen LogP contribution is -2.48. The van der Waals surface area contributed by atoms with E-state index in [1.165, 1.54) is 7.11 Å². The van der Waals surface area contributed by atoms with E-state index in [0.717, 1.165) is 24.0 Å². The highest BCUT2D eigenvalue weighted by atomic mass is 16.5. The number of nitrogens with zero attached hydrogens (tertiary/aromatic N) is 1. The van der Waals surface area contributed by atoms with E-state index in [0.29, 0.717) is 11.3 Å². The van der Waals surface area contributed by atoms with Gasteiger partial charge in [-0.05, 0) is 32.3 Å². The van der Waals surface area contributed by atoms with Crippen LogP contribution in [0.2, 0.25) is 0 Å². The van der Waals surface area contributed by atoms with Crippen molar-refractivity contribution < 1.29 is 14.3 Å². The summed E-state index contributed by atoms with van der Waals surface area (Å²) in [7, 11) is 1.37. The zero-order chi connectivity index (χ0) is 15.9. The molecule has 0 radical (unpaired) electrons. The standard InChI is InChI=1S/C17H20N2O3/c1-10-4-6-12(7-5-10)15-14(16(20)22-3)11(2)19(13-8-9-13)17(21)18-15/h4-7,13,15H,8-9H2,1-3H3,(H,18,21). The highest BCUT2D eigenvalue weighted by Gasteiger charge is 2.42.